The summed E-state index contributed by atoms with van der Waals surface area (Å²) in [5.74, 6) is 3.41. The van der Waals surface area contributed by atoms with Gasteiger partial charge in [-0.15, -0.1) is 0 Å². The number of rotatable bonds is 6. The van der Waals surface area contributed by atoms with Gasteiger partial charge < -0.3 is 14.0 Å². The summed E-state index contributed by atoms with van der Waals surface area (Å²) < 4.78 is 37.8. The molecule has 1 aromatic carbocycles. The molecule has 0 amide bonds. The van der Waals surface area contributed by atoms with E-state index in [9.17, 15) is 8.42 Å². The van der Waals surface area contributed by atoms with Crippen molar-refractivity contribution in [3.63, 3.8) is 0 Å². The Labute approximate surface area is 131 Å². The normalized spacial score (nSPS) is 13.5. The number of fused-ring (bicyclic) bond motifs is 1. The predicted molar refractivity (Wildman–Crippen MR) is 81.7 cm³/mol. The minimum Gasteiger partial charge on any atom is -0.454 e. The topological polar surface area (TPSA) is 91.5 Å². The monoisotopic (exact) mass is 342 g/mol. The number of sulfone groups is 1. The van der Waals surface area contributed by atoms with Crippen LogP contribution in [0.3, 0.4) is 0 Å². The van der Waals surface area contributed by atoms with E-state index in [2.05, 4.69) is 10.1 Å². The number of nitrogens with zero attached hydrogens (tertiary/aromatic N) is 2. The maximum atomic E-state index is 11.0. The first-order valence-electron chi connectivity index (χ1n) is 6.49. The molecule has 0 N–H and O–H groups in total. The van der Waals surface area contributed by atoms with Crippen LogP contribution in [0.25, 0.3) is 11.4 Å². The van der Waals surface area contributed by atoms with Crippen LogP contribution < -0.4 is 9.47 Å². The molecule has 0 atom stereocenters. The second kappa shape index (κ2) is 6.17. The summed E-state index contributed by atoms with van der Waals surface area (Å²) >= 11 is 1.44. The van der Waals surface area contributed by atoms with Gasteiger partial charge in [0.2, 0.25) is 18.5 Å². The highest BCUT2D eigenvalue weighted by Crippen LogP contribution is 2.35. The highest BCUT2D eigenvalue weighted by molar-refractivity contribution is 7.99. The minimum atomic E-state index is -2.94. The summed E-state index contributed by atoms with van der Waals surface area (Å²) in [6.45, 7) is 0.216. The molecule has 0 aliphatic carbocycles. The van der Waals surface area contributed by atoms with Crippen molar-refractivity contribution in [2.75, 3.05) is 24.6 Å². The van der Waals surface area contributed by atoms with Gasteiger partial charge in [0.15, 0.2) is 11.5 Å². The lowest BCUT2D eigenvalue weighted by Crippen LogP contribution is -2.05. The van der Waals surface area contributed by atoms with E-state index >= 15 is 0 Å². The van der Waals surface area contributed by atoms with Crippen molar-refractivity contribution in [2.45, 2.75) is 5.75 Å². The molecular formula is C13H14N2O5S2. The molecule has 0 saturated heterocycles. The summed E-state index contributed by atoms with van der Waals surface area (Å²) in [5, 5.41) is 3.93. The van der Waals surface area contributed by atoms with Gasteiger partial charge in [0, 0.05) is 17.6 Å². The minimum absolute atomic E-state index is 0.140. The second-order valence-electron chi connectivity index (χ2n) is 4.76. The second-order valence-corrected chi connectivity index (χ2v) is 8.13. The zero-order valence-corrected chi connectivity index (χ0v) is 13.4. The van der Waals surface area contributed by atoms with Crippen molar-refractivity contribution >= 4 is 21.6 Å². The Hall–Kier alpha value is -1.74. The van der Waals surface area contributed by atoms with E-state index in [0.29, 0.717) is 34.7 Å². The molecule has 0 bridgehead atoms. The van der Waals surface area contributed by atoms with Crippen LogP contribution in [0.5, 0.6) is 11.5 Å². The highest BCUT2D eigenvalue weighted by atomic mass is 32.2. The third kappa shape index (κ3) is 3.72. The van der Waals surface area contributed by atoms with Gasteiger partial charge in [-0.1, -0.05) is 5.16 Å². The van der Waals surface area contributed by atoms with Gasteiger partial charge in [-0.25, -0.2) is 8.42 Å². The SMILES string of the molecule is CS(=O)(=O)CCSCc1nc(-c2ccc3c(c2)OCO3)no1. The van der Waals surface area contributed by atoms with Crippen molar-refractivity contribution < 1.29 is 22.4 Å². The number of hydrogen-bond donors (Lipinski definition) is 0. The summed E-state index contributed by atoms with van der Waals surface area (Å²) in [6.07, 6.45) is 1.22. The molecule has 0 fully saturated rings. The molecule has 2 heterocycles. The Kier molecular flexibility index (Phi) is 4.25. The molecule has 2 aromatic rings. The van der Waals surface area contributed by atoms with Crippen LogP contribution in [0.15, 0.2) is 22.7 Å². The first-order chi connectivity index (χ1) is 10.5. The molecule has 0 radical (unpaired) electrons. The highest BCUT2D eigenvalue weighted by Gasteiger charge is 2.16. The smallest absolute Gasteiger partial charge is 0.236 e. The molecule has 3 rings (SSSR count). The Morgan fingerprint density at radius 2 is 2.09 bits per heavy atom. The van der Waals surface area contributed by atoms with Crippen molar-refractivity contribution in [1.82, 2.24) is 10.1 Å². The van der Waals surface area contributed by atoms with E-state index in [1.807, 2.05) is 6.07 Å². The third-order valence-electron chi connectivity index (χ3n) is 2.92. The molecule has 0 unspecified atom stereocenters. The van der Waals surface area contributed by atoms with Gasteiger partial charge in [-0.05, 0) is 18.2 Å². The van der Waals surface area contributed by atoms with E-state index in [1.165, 1.54) is 18.0 Å². The number of thioether (sulfide) groups is 1. The number of aromatic nitrogens is 2. The van der Waals surface area contributed by atoms with Gasteiger partial charge in [-0.3, -0.25) is 0 Å². The standard InChI is InChI=1S/C13H14N2O5S2/c1-22(16,17)5-4-21-7-12-14-13(15-20-12)9-2-3-10-11(6-9)19-8-18-10/h2-3,6H,4-5,7-8H2,1H3. The third-order valence-corrected chi connectivity index (χ3v) is 5.07. The number of hydrogen-bond acceptors (Lipinski definition) is 8. The van der Waals surface area contributed by atoms with Gasteiger partial charge in [0.1, 0.15) is 9.84 Å². The van der Waals surface area contributed by atoms with E-state index in [0.717, 1.165) is 5.56 Å². The zero-order valence-electron chi connectivity index (χ0n) is 11.8. The van der Waals surface area contributed by atoms with Crippen LogP contribution in [0, 0.1) is 0 Å². The average molecular weight is 342 g/mol. The zero-order chi connectivity index (χ0) is 15.6. The Balaban J connectivity index is 1.61. The van der Waals surface area contributed by atoms with Crippen molar-refractivity contribution in [2.24, 2.45) is 0 Å². The predicted octanol–water partition coefficient (Wildman–Crippen LogP) is 1.74. The molecule has 0 spiro atoms. The van der Waals surface area contributed by atoms with E-state index in [1.54, 1.807) is 12.1 Å². The molecule has 7 nitrogen and oxygen atoms in total. The first kappa shape index (κ1) is 15.2. The van der Waals surface area contributed by atoms with Gasteiger partial charge >= 0.3 is 0 Å². The van der Waals surface area contributed by atoms with Crippen LogP contribution >= 0.6 is 11.8 Å². The fraction of sp³-hybridized carbons (Fsp3) is 0.385. The molecule has 0 saturated carbocycles. The maximum Gasteiger partial charge on any atom is 0.236 e. The Morgan fingerprint density at radius 1 is 1.27 bits per heavy atom. The van der Waals surface area contributed by atoms with Gasteiger partial charge in [-0.2, -0.15) is 16.7 Å². The van der Waals surface area contributed by atoms with E-state index in [4.69, 9.17) is 14.0 Å². The van der Waals surface area contributed by atoms with Crippen LogP contribution in [0.4, 0.5) is 0 Å². The molecule has 118 valence electrons. The van der Waals surface area contributed by atoms with Crippen molar-refractivity contribution in [1.29, 1.82) is 0 Å². The molecule has 1 aliphatic rings. The van der Waals surface area contributed by atoms with Crippen LogP contribution in [-0.2, 0) is 15.6 Å². The Morgan fingerprint density at radius 3 is 2.91 bits per heavy atom. The lowest BCUT2D eigenvalue weighted by Gasteiger charge is -1.97. The molecular weight excluding hydrogens is 328 g/mol. The molecule has 22 heavy (non-hydrogen) atoms. The fourth-order valence-electron chi connectivity index (χ4n) is 1.84. The molecule has 1 aromatic heterocycles. The average Bonchev–Trinajstić information content (AvgIpc) is 3.10. The largest absolute Gasteiger partial charge is 0.454 e. The lowest BCUT2D eigenvalue weighted by atomic mass is 10.2. The van der Waals surface area contributed by atoms with Gasteiger partial charge in [0.05, 0.1) is 11.5 Å². The van der Waals surface area contributed by atoms with Crippen molar-refractivity contribution in [3.8, 4) is 22.9 Å². The number of ether oxygens (including phenoxy) is 2. The summed E-state index contributed by atoms with van der Waals surface area (Å²) in [6, 6.07) is 5.43. The summed E-state index contributed by atoms with van der Waals surface area (Å²) in [4.78, 5) is 4.30. The van der Waals surface area contributed by atoms with Gasteiger partial charge in [0.25, 0.3) is 0 Å². The molecule has 1 aliphatic heterocycles. The maximum absolute atomic E-state index is 11.0. The van der Waals surface area contributed by atoms with E-state index < -0.39 is 9.84 Å². The molecule has 9 heteroatoms. The van der Waals surface area contributed by atoms with Crippen LogP contribution in [-0.4, -0.2) is 43.1 Å². The quantitative estimate of drug-likeness (QED) is 0.733. The van der Waals surface area contributed by atoms with Crippen molar-refractivity contribution in [3.05, 3.63) is 24.1 Å². The van der Waals surface area contributed by atoms with E-state index in [-0.39, 0.29) is 12.5 Å². The lowest BCUT2D eigenvalue weighted by molar-refractivity contribution is 0.174. The Bertz CT molecular complexity index is 772. The van der Waals surface area contributed by atoms with Crippen LogP contribution in [0.2, 0.25) is 0 Å². The first-order valence-corrected chi connectivity index (χ1v) is 9.71. The van der Waals surface area contributed by atoms with Crippen LogP contribution in [0.1, 0.15) is 5.89 Å². The summed E-state index contributed by atoms with van der Waals surface area (Å²) in [5.41, 5.74) is 0.778. The number of benzene rings is 1. The summed E-state index contributed by atoms with van der Waals surface area (Å²) in [7, 11) is -2.94. The fourth-order valence-corrected chi connectivity index (χ4v) is 3.95.